The number of hydrogen-bond donors (Lipinski definition) is 2. The molecule has 1 aromatic rings. The third-order valence-corrected chi connectivity index (χ3v) is 2.66. The molecule has 1 aliphatic rings. The Morgan fingerprint density at radius 2 is 2.11 bits per heavy atom. The molecule has 5 nitrogen and oxygen atoms in total. The van der Waals surface area contributed by atoms with Gasteiger partial charge in [-0.3, -0.25) is 4.79 Å². The van der Waals surface area contributed by atoms with Crippen LogP contribution in [0.4, 0.5) is 4.39 Å². The molecule has 0 fully saturated rings. The lowest BCUT2D eigenvalue weighted by Crippen LogP contribution is -2.16. The number of benzene rings is 1. The van der Waals surface area contributed by atoms with Gasteiger partial charge < -0.3 is 19.7 Å². The summed E-state index contributed by atoms with van der Waals surface area (Å²) in [6.45, 7) is 0.563. The van der Waals surface area contributed by atoms with Gasteiger partial charge in [-0.05, 0) is 18.9 Å². The molecule has 0 unspecified atom stereocenters. The predicted molar refractivity (Wildman–Crippen MR) is 59.6 cm³/mol. The Morgan fingerprint density at radius 3 is 2.83 bits per heavy atom. The number of aryl methyl sites for hydroxylation is 1. The summed E-state index contributed by atoms with van der Waals surface area (Å²) in [5, 5.41) is 18.2. The second-order valence-electron chi connectivity index (χ2n) is 3.97. The van der Waals surface area contributed by atoms with Crippen molar-refractivity contribution >= 4 is 5.97 Å². The van der Waals surface area contributed by atoms with Gasteiger partial charge in [0.05, 0.1) is 0 Å². The van der Waals surface area contributed by atoms with Crippen LogP contribution in [0.15, 0.2) is 6.07 Å². The molecule has 0 bridgehead atoms. The normalized spacial score (nSPS) is 13.4. The summed E-state index contributed by atoms with van der Waals surface area (Å²) >= 11 is 0. The zero-order valence-electron chi connectivity index (χ0n) is 9.61. The van der Waals surface area contributed by atoms with Crippen LogP contribution in [0.5, 0.6) is 17.2 Å². The summed E-state index contributed by atoms with van der Waals surface area (Å²) in [4.78, 5) is 10.4. The van der Waals surface area contributed by atoms with E-state index < -0.39 is 17.5 Å². The van der Waals surface area contributed by atoms with Crippen LogP contribution in [-0.2, 0) is 11.2 Å². The van der Waals surface area contributed by atoms with E-state index in [-0.39, 0.29) is 30.9 Å². The van der Waals surface area contributed by atoms with Gasteiger partial charge in [-0.2, -0.15) is 4.39 Å². The lowest BCUT2D eigenvalue weighted by atomic mass is 10.1. The average molecular weight is 256 g/mol. The highest BCUT2D eigenvalue weighted by molar-refractivity contribution is 5.66. The topological polar surface area (TPSA) is 76.0 Å². The minimum atomic E-state index is -0.924. The zero-order valence-corrected chi connectivity index (χ0v) is 9.61. The maximum Gasteiger partial charge on any atom is 0.303 e. The fourth-order valence-electron chi connectivity index (χ4n) is 1.81. The van der Waals surface area contributed by atoms with Crippen molar-refractivity contribution < 1.29 is 28.9 Å². The first kappa shape index (κ1) is 12.5. The monoisotopic (exact) mass is 256 g/mol. The number of fused-ring (bicyclic) bond motifs is 1. The van der Waals surface area contributed by atoms with E-state index >= 15 is 0 Å². The van der Waals surface area contributed by atoms with Crippen molar-refractivity contribution in [3.63, 3.8) is 0 Å². The maximum absolute atomic E-state index is 13.8. The van der Waals surface area contributed by atoms with E-state index in [2.05, 4.69) is 0 Å². The van der Waals surface area contributed by atoms with Crippen LogP contribution >= 0.6 is 0 Å². The Kier molecular flexibility index (Phi) is 3.55. The number of aromatic hydroxyl groups is 1. The summed E-state index contributed by atoms with van der Waals surface area (Å²) in [5.41, 5.74) is 0.331. The minimum absolute atomic E-state index is 0.0322. The first-order valence-electron chi connectivity index (χ1n) is 5.61. The van der Waals surface area contributed by atoms with Crippen molar-refractivity contribution in [1.29, 1.82) is 0 Å². The number of phenols is 1. The van der Waals surface area contributed by atoms with Gasteiger partial charge in [0.25, 0.3) is 0 Å². The average Bonchev–Trinajstić information content (AvgIpc) is 2.35. The number of carbonyl (C=O) groups is 1. The number of ether oxygens (including phenoxy) is 2. The van der Waals surface area contributed by atoms with E-state index in [1.165, 1.54) is 6.07 Å². The Balaban J connectivity index is 2.20. The van der Waals surface area contributed by atoms with Crippen LogP contribution in [0.2, 0.25) is 0 Å². The fraction of sp³-hybridized carbons (Fsp3) is 0.417. The second kappa shape index (κ2) is 5.12. The lowest BCUT2D eigenvalue weighted by molar-refractivity contribution is -0.137. The molecule has 0 aliphatic carbocycles. The van der Waals surface area contributed by atoms with Crippen LogP contribution in [0.25, 0.3) is 0 Å². The molecule has 0 atom stereocenters. The molecule has 0 aromatic heterocycles. The van der Waals surface area contributed by atoms with Crippen LogP contribution < -0.4 is 9.47 Å². The van der Waals surface area contributed by atoms with E-state index in [0.717, 1.165) is 0 Å². The maximum atomic E-state index is 13.8. The van der Waals surface area contributed by atoms with Gasteiger partial charge in [0.1, 0.15) is 13.2 Å². The summed E-state index contributed by atoms with van der Waals surface area (Å²) < 4.78 is 24.1. The van der Waals surface area contributed by atoms with Crippen LogP contribution in [0, 0.1) is 5.82 Å². The highest BCUT2D eigenvalue weighted by Gasteiger charge is 2.22. The van der Waals surface area contributed by atoms with Crippen molar-refractivity contribution in [2.75, 3.05) is 13.2 Å². The SMILES string of the molecule is O=C(O)CCCc1cc2c(c(F)c1O)OCCO2. The molecule has 2 rings (SSSR count). The summed E-state index contributed by atoms with van der Waals surface area (Å²) in [6.07, 6.45) is 0.559. The molecule has 18 heavy (non-hydrogen) atoms. The zero-order chi connectivity index (χ0) is 13.1. The van der Waals surface area contributed by atoms with Gasteiger partial charge in [-0.1, -0.05) is 0 Å². The van der Waals surface area contributed by atoms with Crippen molar-refractivity contribution in [3.05, 3.63) is 17.4 Å². The van der Waals surface area contributed by atoms with Gasteiger partial charge in [0.2, 0.25) is 11.6 Å². The fourth-order valence-corrected chi connectivity index (χ4v) is 1.81. The third kappa shape index (κ3) is 2.47. The van der Waals surface area contributed by atoms with Crippen LogP contribution in [0.1, 0.15) is 18.4 Å². The molecular formula is C12H13FO5. The van der Waals surface area contributed by atoms with Crippen LogP contribution in [-0.4, -0.2) is 29.4 Å². The molecule has 0 radical (unpaired) electrons. The number of aliphatic carboxylic acids is 1. The molecule has 0 amide bonds. The van der Waals surface area contributed by atoms with Crippen molar-refractivity contribution in [1.82, 2.24) is 0 Å². The Bertz CT molecular complexity index is 472. The molecule has 0 spiro atoms. The van der Waals surface area contributed by atoms with Gasteiger partial charge >= 0.3 is 5.97 Å². The summed E-state index contributed by atoms with van der Waals surface area (Å²) in [7, 11) is 0. The molecule has 98 valence electrons. The standard InChI is InChI=1S/C12H13FO5/c13-10-11(16)7(2-1-3-9(14)15)6-8-12(10)18-5-4-17-8/h6,16H,1-5H2,(H,14,15). The van der Waals surface area contributed by atoms with Crippen molar-refractivity contribution in [3.8, 4) is 17.2 Å². The largest absolute Gasteiger partial charge is 0.505 e. The van der Waals surface area contributed by atoms with Gasteiger partial charge in [0.15, 0.2) is 11.5 Å². The molecule has 0 saturated heterocycles. The molecule has 1 aromatic carbocycles. The minimum Gasteiger partial charge on any atom is -0.505 e. The predicted octanol–water partition coefficient (Wildman–Crippen LogP) is 1.71. The molecule has 6 heteroatoms. The Labute approximate surface area is 103 Å². The van der Waals surface area contributed by atoms with Gasteiger partial charge in [0, 0.05) is 12.0 Å². The Hall–Kier alpha value is -1.98. The van der Waals surface area contributed by atoms with Gasteiger partial charge in [-0.25, -0.2) is 0 Å². The van der Waals surface area contributed by atoms with Crippen molar-refractivity contribution in [2.24, 2.45) is 0 Å². The quantitative estimate of drug-likeness (QED) is 0.857. The number of carboxylic acid groups (broad SMARTS) is 1. The third-order valence-electron chi connectivity index (χ3n) is 2.66. The smallest absolute Gasteiger partial charge is 0.303 e. The number of rotatable bonds is 4. The van der Waals surface area contributed by atoms with E-state index in [4.69, 9.17) is 14.6 Å². The van der Waals surface area contributed by atoms with E-state index in [9.17, 15) is 14.3 Å². The number of hydrogen-bond acceptors (Lipinski definition) is 4. The van der Waals surface area contributed by atoms with Crippen LogP contribution in [0.3, 0.4) is 0 Å². The Morgan fingerprint density at radius 1 is 1.39 bits per heavy atom. The highest BCUT2D eigenvalue weighted by Crippen LogP contribution is 2.40. The van der Waals surface area contributed by atoms with E-state index in [1.54, 1.807) is 0 Å². The van der Waals surface area contributed by atoms with Gasteiger partial charge in [-0.15, -0.1) is 0 Å². The highest BCUT2D eigenvalue weighted by atomic mass is 19.1. The van der Waals surface area contributed by atoms with Crippen molar-refractivity contribution in [2.45, 2.75) is 19.3 Å². The first-order valence-corrected chi connectivity index (χ1v) is 5.61. The summed E-state index contributed by atoms with van der Waals surface area (Å²) in [6, 6.07) is 1.49. The van der Waals surface area contributed by atoms with E-state index in [1.807, 2.05) is 0 Å². The number of carboxylic acids is 1. The second-order valence-corrected chi connectivity index (χ2v) is 3.97. The molecule has 0 saturated carbocycles. The number of halogens is 1. The number of phenolic OH excluding ortho intramolecular Hbond substituents is 1. The molecular weight excluding hydrogens is 243 g/mol. The summed E-state index contributed by atoms with van der Waals surface area (Å²) in [5.74, 6) is -2.10. The molecule has 2 N–H and O–H groups in total. The first-order chi connectivity index (χ1) is 8.59. The van der Waals surface area contributed by atoms with E-state index in [0.29, 0.717) is 18.6 Å². The molecule has 1 heterocycles. The molecule has 1 aliphatic heterocycles. The lowest BCUT2D eigenvalue weighted by Gasteiger charge is -2.20.